The molecule has 0 aliphatic heterocycles. The fourth-order valence-electron chi connectivity index (χ4n) is 1.22. The van der Waals surface area contributed by atoms with E-state index >= 15 is 0 Å². The van der Waals surface area contributed by atoms with E-state index in [4.69, 9.17) is 0 Å². The monoisotopic (exact) mass is 186 g/mol. The quantitative estimate of drug-likeness (QED) is 0.780. The van der Waals surface area contributed by atoms with Crippen LogP contribution in [0, 0.1) is 6.92 Å². The zero-order chi connectivity index (χ0) is 9.84. The predicted molar refractivity (Wildman–Crippen MR) is 46.8 cm³/mol. The molecule has 0 saturated carbocycles. The minimum atomic E-state index is -2.41. The van der Waals surface area contributed by atoms with E-state index in [1.807, 2.05) is 0 Å². The highest BCUT2D eigenvalue weighted by Crippen LogP contribution is 2.21. The number of nitrogens with zero attached hydrogens (tertiary/aromatic N) is 1. The maximum absolute atomic E-state index is 12.5. The van der Waals surface area contributed by atoms with E-state index < -0.39 is 12.5 Å². The molecule has 0 amide bonds. The molecular weight excluding hydrogens is 174 g/mol. The first-order valence-corrected chi connectivity index (χ1v) is 4.02. The third-order valence-electron chi connectivity index (χ3n) is 1.98. The Labute approximate surface area is 76.0 Å². The summed E-state index contributed by atoms with van der Waals surface area (Å²) < 4.78 is 24.9. The van der Waals surface area contributed by atoms with Gasteiger partial charge in [-0.15, -0.1) is 0 Å². The number of hydrogen-bond acceptors (Lipinski definition) is 2. The molecule has 1 aromatic rings. The molecule has 0 saturated heterocycles. The Morgan fingerprint density at radius 2 is 2.15 bits per heavy atom. The van der Waals surface area contributed by atoms with Gasteiger partial charge in [-0.05, 0) is 31.2 Å². The number of nitrogens with one attached hydrogen (secondary N) is 1. The first-order chi connectivity index (χ1) is 6.16. The van der Waals surface area contributed by atoms with E-state index in [9.17, 15) is 8.78 Å². The molecule has 0 spiro atoms. The van der Waals surface area contributed by atoms with Gasteiger partial charge in [-0.25, -0.2) is 8.78 Å². The topological polar surface area (TPSA) is 24.9 Å². The summed E-state index contributed by atoms with van der Waals surface area (Å²) in [5.74, 6) is 0. The molecule has 72 valence electrons. The first kappa shape index (κ1) is 10.1. The van der Waals surface area contributed by atoms with Gasteiger partial charge in [0, 0.05) is 12.4 Å². The van der Waals surface area contributed by atoms with Crippen LogP contribution in [0.25, 0.3) is 0 Å². The van der Waals surface area contributed by atoms with Crippen LogP contribution in [0.2, 0.25) is 0 Å². The summed E-state index contributed by atoms with van der Waals surface area (Å²) in [6, 6.07) is 0.802. The fraction of sp³-hybridized carbons (Fsp3) is 0.444. The Bertz CT molecular complexity index is 276. The minimum Gasteiger partial charge on any atom is -0.308 e. The molecule has 1 atom stereocenters. The van der Waals surface area contributed by atoms with Gasteiger partial charge in [0.1, 0.15) is 0 Å². The molecule has 1 N–H and O–H groups in total. The number of alkyl halides is 2. The number of halogens is 2. The summed E-state index contributed by atoms with van der Waals surface area (Å²) in [7, 11) is 1.52. The van der Waals surface area contributed by atoms with Gasteiger partial charge in [-0.1, -0.05) is 0 Å². The molecule has 4 heteroatoms. The van der Waals surface area contributed by atoms with Crippen molar-refractivity contribution in [1.29, 1.82) is 0 Å². The maximum atomic E-state index is 12.5. The standard InChI is InChI=1S/C9H12F2N2/c1-6-3-4-13-5-7(6)8(12-2)9(10)11/h3-5,8-9,12H,1-2H3. The van der Waals surface area contributed by atoms with Crippen LogP contribution in [-0.4, -0.2) is 18.5 Å². The zero-order valence-corrected chi connectivity index (χ0v) is 7.59. The molecule has 1 rings (SSSR count). The normalized spacial score (nSPS) is 13.3. The van der Waals surface area contributed by atoms with Gasteiger partial charge in [0.15, 0.2) is 0 Å². The average Bonchev–Trinajstić information content (AvgIpc) is 2.09. The first-order valence-electron chi connectivity index (χ1n) is 4.02. The summed E-state index contributed by atoms with van der Waals surface area (Å²) in [6.45, 7) is 1.80. The average molecular weight is 186 g/mol. The molecule has 1 unspecified atom stereocenters. The van der Waals surface area contributed by atoms with Crippen LogP contribution < -0.4 is 5.32 Å². The second-order valence-electron chi connectivity index (χ2n) is 2.83. The van der Waals surface area contributed by atoms with Crippen LogP contribution >= 0.6 is 0 Å². The fourth-order valence-corrected chi connectivity index (χ4v) is 1.22. The number of aromatic nitrogens is 1. The Balaban J connectivity index is 2.97. The van der Waals surface area contributed by atoms with Crippen LogP contribution in [0.5, 0.6) is 0 Å². The second kappa shape index (κ2) is 4.28. The zero-order valence-electron chi connectivity index (χ0n) is 7.59. The third kappa shape index (κ3) is 2.21. The molecule has 0 aliphatic carbocycles. The summed E-state index contributed by atoms with van der Waals surface area (Å²) in [5.41, 5.74) is 1.38. The van der Waals surface area contributed by atoms with Gasteiger partial charge in [0.25, 0.3) is 6.43 Å². The van der Waals surface area contributed by atoms with E-state index in [0.29, 0.717) is 5.56 Å². The van der Waals surface area contributed by atoms with E-state index in [2.05, 4.69) is 10.3 Å². The van der Waals surface area contributed by atoms with Gasteiger partial charge < -0.3 is 5.32 Å². The molecule has 0 bridgehead atoms. The Morgan fingerprint density at radius 3 is 2.62 bits per heavy atom. The Morgan fingerprint density at radius 1 is 1.46 bits per heavy atom. The van der Waals surface area contributed by atoms with Crippen molar-refractivity contribution >= 4 is 0 Å². The highest BCUT2D eigenvalue weighted by atomic mass is 19.3. The van der Waals surface area contributed by atoms with Crippen molar-refractivity contribution in [2.45, 2.75) is 19.4 Å². The van der Waals surface area contributed by atoms with Crippen molar-refractivity contribution in [2.24, 2.45) is 0 Å². The van der Waals surface area contributed by atoms with Crippen molar-refractivity contribution in [3.63, 3.8) is 0 Å². The summed E-state index contributed by atoms with van der Waals surface area (Å²) in [5, 5.41) is 2.57. The second-order valence-corrected chi connectivity index (χ2v) is 2.83. The van der Waals surface area contributed by atoms with E-state index in [1.54, 1.807) is 19.2 Å². The van der Waals surface area contributed by atoms with E-state index in [1.165, 1.54) is 13.2 Å². The highest BCUT2D eigenvalue weighted by molar-refractivity contribution is 5.25. The lowest BCUT2D eigenvalue weighted by Gasteiger charge is -2.16. The number of pyridine rings is 1. The summed E-state index contributed by atoms with van der Waals surface area (Å²) in [6.07, 6.45) is 0.660. The molecule has 2 nitrogen and oxygen atoms in total. The molecular formula is C9H12F2N2. The van der Waals surface area contributed by atoms with Crippen molar-refractivity contribution in [3.05, 3.63) is 29.6 Å². The summed E-state index contributed by atoms with van der Waals surface area (Å²) >= 11 is 0. The smallest absolute Gasteiger partial charge is 0.257 e. The Hall–Kier alpha value is -1.03. The van der Waals surface area contributed by atoms with Crippen molar-refractivity contribution in [2.75, 3.05) is 7.05 Å². The molecule has 0 aliphatic rings. The van der Waals surface area contributed by atoms with Gasteiger partial charge >= 0.3 is 0 Å². The third-order valence-corrected chi connectivity index (χ3v) is 1.98. The Kier molecular flexibility index (Phi) is 3.31. The van der Waals surface area contributed by atoms with Gasteiger partial charge in [-0.3, -0.25) is 4.98 Å². The SMILES string of the molecule is CNC(c1cnccc1C)C(F)F. The van der Waals surface area contributed by atoms with Crippen molar-refractivity contribution in [1.82, 2.24) is 10.3 Å². The van der Waals surface area contributed by atoms with Crippen LogP contribution in [-0.2, 0) is 0 Å². The molecule has 1 aromatic heterocycles. The maximum Gasteiger partial charge on any atom is 0.257 e. The lowest BCUT2D eigenvalue weighted by Crippen LogP contribution is -2.24. The molecule has 0 fully saturated rings. The van der Waals surface area contributed by atoms with Gasteiger partial charge in [0.2, 0.25) is 0 Å². The van der Waals surface area contributed by atoms with Crippen LogP contribution in [0.1, 0.15) is 17.2 Å². The lowest BCUT2D eigenvalue weighted by molar-refractivity contribution is 0.102. The molecule has 0 radical (unpaired) electrons. The van der Waals surface area contributed by atoms with Crippen molar-refractivity contribution < 1.29 is 8.78 Å². The molecule has 0 aromatic carbocycles. The van der Waals surface area contributed by atoms with Gasteiger partial charge in [0.05, 0.1) is 6.04 Å². The highest BCUT2D eigenvalue weighted by Gasteiger charge is 2.21. The summed E-state index contributed by atoms with van der Waals surface area (Å²) in [4.78, 5) is 3.82. The number of aryl methyl sites for hydroxylation is 1. The number of rotatable bonds is 3. The van der Waals surface area contributed by atoms with Crippen LogP contribution in [0.3, 0.4) is 0 Å². The molecule has 1 heterocycles. The van der Waals surface area contributed by atoms with Crippen LogP contribution in [0.15, 0.2) is 18.5 Å². The van der Waals surface area contributed by atoms with Gasteiger partial charge in [-0.2, -0.15) is 0 Å². The van der Waals surface area contributed by atoms with Crippen molar-refractivity contribution in [3.8, 4) is 0 Å². The van der Waals surface area contributed by atoms with E-state index in [0.717, 1.165) is 5.56 Å². The predicted octanol–water partition coefficient (Wildman–Crippen LogP) is 1.92. The van der Waals surface area contributed by atoms with Crippen LogP contribution in [0.4, 0.5) is 8.78 Å². The number of hydrogen-bond donors (Lipinski definition) is 1. The lowest BCUT2D eigenvalue weighted by atomic mass is 10.1. The molecule has 13 heavy (non-hydrogen) atoms. The minimum absolute atomic E-state index is 0.556. The van der Waals surface area contributed by atoms with E-state index in [-0.39, 0.29) is 0 Å². The largest absolute Gasteiger partial charge is 0.308 e.